The van der Waals surface area contributed by atoms with Gasteiger partial charge in [0.05, 0.1) is 26.4 Å². The summed E-state index contributed by atoms with van der Waals surface area (Å²) in [5.74, 6) is 0.944. The first-order valence-corrected chi connectivity index (χ1v) is 5.24. The van der Waals surface area contributed by atoms with Gasteiger partial charge in [0.1, 0.15) is 5.75 Å². The van der Waals surface area contributed by atoms with Crippen LogP contribution in [0.1, 0.15) is 11.6 Å². The minimum absolute atomic E-state index is 0.315. The molecular formula is C12H17NO2. The summed E-state index contributed by atoms with van der Waals surface area (Å²) in [5, 5.41) is 0. The normalized spacial score (nSPS) is 22.7. The van der Waals surface area contributed by atoms with Crippen molar-refractivity contribution in [2.24, 2.45) is 0 Å². The average Bonchev–Trinajstić information content (AvgIpc) is 2.30. The molecule has 1 aromatic carbocycles. The van der Waals surface area contributed by atoms with Crippen molar-refractivity contribution < 1.29 is 9.47 Å². The van der Waals surface area contributed by atoms with Gasteiger partial charge in [-0.2, -0.15) is 0 Å². The van der Waals surface area contributed by atoms with Crippen molar-refractivity contribution in [3.05, 3.63) is 29.8 Å². The van der Waals surface area contributed by atoms with E-state index in [4.69, 9.17) is 9.47 Å². The van der Waals surface area contributed by atoms with Crippen LogP contribution in [0.25, 0.3) is 0 Å². The lowest BCUT2D eigenvalue weighted by molar-refractivity contribution is 0.00426. The van der Waals surface area contributed by atoms with Crippen LogP contribution in [-0.2, 0) is 4.74 Å². The average molecular weight is 207 g/mol. The Morgan fingerprint density at radius 3 is 2.93 bits per heavy atom. The number of morpholine rings is 1. The van der Waals surface area contributed by atoms with E-state index in [1.165, 1.54) is 5.56 Å². The molecule has 1 atom stereocenters. The number of methoxy groups -OCH3 is 1. The van der Waals surface area contributed by atoms with E-state index in [0.29, 0.717) is 6.04 Å². The smallest absolute Gasteiger partial charge is 0.123 e. The number of hydrogen-bond acceptors (Lipinski definition) is 3. The van der Waals surface area contributed by atoms with E-state index in [1.54, 1.807) is 7.11 Å². The summed E-state index contributed by atoms with van der Waals surface area (Å²) in [6.45, 7) is 2.54. The predicted molar refractivity (Wildman–Crippen MR) is 59.2 cm³/mol. The van der Waals surface area contributed by atoms with Crippen LogP contribution in [-0.4, -0.2) is 38.8 Å². The molecule has 0 N–H and O–H groups in total. The molecule has 0 spiro atoms. The largest absolute Gasteiger partial charge is 0.496 e. The Hall–Kier alpha value is -1.06. The first-order valence-electron chi connectivity index (χ1n) is 5.24. The fraction of sp³-hybridized carbons (Fsp3) is 0.500. The van der Waals surface area contributed by atoms with Gasteiger partial charge in [-0.1, -0.05) is 18.2 Å². The molecule has 3 nitrogen and oxygen atoms in total. The van der Waals surface area contributed by atoms with Gasteiger partial charge >= 0.3 is 0 Å². The molecule has 0 saturated carbocycles. The number of rotatable bonds is 2. The Morgan fingerprint density at radius 1 is 1.40 bits per heavy atom. The summed E-state index contributed by atoms with van der Waals surface area (Å²) < 4.78 is 10.9. The molecule has 0 amide bonds. The summed E-state index contributed by atoms with van der Waals surface area (Å²) in [5.41, 5.74) is 1.21. The summed E-state index contributed by atoms with van der Waals surface area (Å²) in [6, 6.07) is 8.45. The third-order valence-electron chi connectivity index (χ3n) is 2.89. The highest BCUT2D eigenvalue weighted by atomic mass is 16.5. The third-order valence-corrected chi connectivity index (χ3v) is 2.89. The van der Waals surface area contributed by atoms with Gasteiger partial charge in [0.15, 0.2) is 0 Å². The molecule has 82 valence electrons. The first-order chi connectivity index (χ1) is 7.33. The van der Waals surface area contributed by atoms with Gasteiger partial charge in [0, 0.05) is 12.1 Å². The van der Waals surface area contributed by atoms with Gasteiger partial charge in [-0.05, 0) is 13.1 Å². The molecule has 0 aromatic heterocycles. The van der Waals surface area contributed by atoms with Crippen LogP contribution in [0.5, 0.6) is 5.75 Å². The van der Waals surface area contributed by atoms with Gasteiger partial charge in [0.2, 0.25) is 0 Å². The Labute approximate surface area is 90.6 Å². The summed E-state index contributed by atoms with van der Waals surface area (Å²) in [6.07, 6.45) is 0. The van der Waals surface area contributed by atoms with Crippen LogP contribution < -0.4 is 4.74 Å². The minimum Gasteiger partial charge on any atom is -0.496 e. The zero-order valence-corrected chi connectivity index (χ0v) is 9.27. The molecule has 15 heavy (non-hydrogen) atoms. The van der Waals surface area contributed by atoms with Crippen LogP contribution in [0.3, 0.4) is 0 Å². The van der Waals surface area contributed by atoms with Crippen molar-refractivity contribution >= 4 is 0 Å². The molecular weight excluding hydrogens is 190 g/mol. The van der Waals surface area contributed by atoms with E-state index in [0.717, 1.165) is 25.5 Å². The molecule has 1 aliphatic rings. The highest BCUT2D eigenvalue weighted by Gasteiger charge is 2.23. The van der Waals surface area contributed by atoms with E-state index < -0.39 is 0 Å². The van der Waals surface area contributed by atoms with Crippen molar-refractivity contribution in [2.45, 2.75) is 6.04 Å². The van der Waals surface area contributed by atoms with Crippen molar-refractivity contribution in [3.63, 3.8) is 0 Å². The predicted octanol–water partition coefficient (Wildman–Crippen LogP) is 1.70. The maximum atomic E-state index is 5.51. The molecule has 3 heteroatoms. The highest BCUT2D eigenvalue weighted by molar-refractivity contribution is 5.36. The maximum absolute atomic E-state index is 5.51. The van der Waals surface area contributed by atoms with Crippen LogP contribution in [0.15, 0.2) is 24.3 Å². The summed E-state index contributed by atoms with van der Waals surface area (Å²) in [7, 11) is 3.84. The van der Waals surface area contributed by atoms with E-state index in [-0.39, 0.29) is 0 Å². The number of likely N-dealkylation sites (N-methyl/N-ethyl adjacent to an activating group) is 1. The maximum Gasteiger partial charge on any atom is 0.123 e. The summed E-state index contributed by atoms with van der Waals surface area (Å²) in [4.78, 5) is 2.31. The fourth-order valence-electron chi connectivity index (χ4n) is 1.96. The zero-order chi connectivity index (χ0) is 10.7. The Bertz CT molecular complexity index is 327. The van der Waals surface area contributed by atoms with Gasteiger partial charge < -0.3 is 9.47 Å². The number of ether oxygens (including phenoxy) is 2. The van der Waals surface area contributed by atoms with E-state index in [2.05, 4.69) is 18.0 Å². The van der Waals surface area contributed by atoms with E-state index in [9.17, 15) is 0 Å². The van der Waals surface area contributed by atoms with Crippen LogP contribution in [0, 0.1) is 0 Å². The van der Waals surface area contributed by atoms with Crippen molar-refractivity contribution in [1.82, 2.24) is 4.90 Å². The van der Waals surface area contributed by atoms with E-state index in [1.807, 2.05) is 18.2 Å². The van der Waals surface area contributed by atoms with Crippen LogP contribution in [0.4, 0.5) is 0 Å². The number of benzene rings is 1. The molecule has 1 heterocycles. The quantitative estimate of drug-likeness (QED) is 0.736. The SMILES string of the molecule is COc1ccccc1C1COCCN1C. The zero-order valence-electron chi connectivity index (χ0n) is 9.27. The summed E-state index contributed by atoms with van der Waals surface area (Å²) >= 11 is 0. The lowest BCUT2D eigenvalue weighted by atomic mass is 10.0. The van der Waals surface area contributed by atoms with Gasteiger partial charge in [-0.15, -0.1) is 0 Å². The van der Waals surface area contributed by atoms with E-state index >= 15 is 0 Å². The standard InChI is InChI=1S/C12H17NO2/c1-13-7-8-15-9-11(13)10-5-3-4-6-12(10)14-2/h3-6,11H,7-9H2,1-2H3. The molecule has 1 aliphatic heterocycles. The molecule has 1 fully saturated rings. The molecule has 0 radical (unpaired) electrons. The fourth-order valence-corrected chi connectivity index (χ4v) is 1.96. The first kappa shape index (κ1) is 10.5. The van der Waals surface area contributed by atoms with Gasteiger partial charge in [0.25, 0.3) is 0 Å². The van der Waals surface area contributed by atoms with Crippen LogP contribution in [0.2, 0.25) is 0 Å². The molecule has 2 rings (SSSR count). The van der Waals surface area contributed by atoms with Crippen molar-refractivity contribution in [3.8, 4) is 5.75 Å². The number of hydrogen-bond donors (Lipinski definition) is 0. The number of para-hydroxylation sites is 1. The van der Waals surface area contributed by atoms with Gasteiger partial charge in [-0.25, -0.2) is 0 Å². The van der Waals surface area contributed by atoms with Crippen molar-refractivity contribution in [1.29, 1.82) is 0 Å². The molecule has 1 aromatic rings. The van der Waals surface area contributed by atoms with Crippen molar-refractivity contribution in [2.75, 3.05) is 33.9 Å². The minimum atomic E-state index is 0.315. The second kappa shape index (κ2) is 4.64. The monoisotopic (exact) mass is 207 g/mol. The lowest BCUT2D eigenvalue weighted by Gasteiger charge is -2.33. The Kier molecular flexibility index (Phi) is 3.23. The lowest BCUT2D eigenvalue weighted by Crippen LogP contribution is -2.36. The molecule has 0 aliphatic carbocycles. The molecule has 0 bridgehead atoms. The highest BCUT2D eigenvalue weighted by Crippen LogP contribution is 2.29. The molecule has 1 unspecified atom stereocenters. The second-order valence-electron chi connectivity index (χ2n) is 3.81. The molecule has 1 saturated heterocycles. The second-order valence-corrected chi connectivity index (χ2v) is 3.81. The Morgan fingerprint density at radius 2 is 2.20 bits per heavy atom. The number of nitrogens with zero attached hydrogens (tertiary/aromatic N) is 1. The topological polar surface area (TPSA) is 21.7 Å². The van der Waals surface area contributed by atoms with Gasteiger partial charge in [-0.3, -0.25) is 4.90 Å². The van der Waals surface area contributed by atoms with Crippen LogP contribution >= 0.6 is 0 Å². The third kappa shape index (κ3) is 2.13. The Balaban J connectivity index is 2.26.